The lowest BCUT2D eigenvalue weighted by atomic mass is 10.0. The minimum absolute atomic E-state index is 0.674. The third kappa shape index (κ3) is 6.67. The zero-order valence-electron chi connectivity index (χ0n) is 16.1. The summed E-state index contributed by atoms with van der Waals surface area (Å²) >= 11 is 0. The quantitative estimate of drug-likeness (QED) is 0.432. The number of hydrogen-bond donors (Lipinski definition) is 2. The van der Waals surface area contributed by atoms with Crippen LogP contribution in [0.4, 0.5) is 0 Å². The maximum absolute atomic E-state index is 5.10. The number of guanidine groups is 1. The van der Waals surface area contributed by atoms with Crippen molar-refractivity contribution < 1.29 is 4.74 Å². The van der Waals surface area contributed by atoms with Crippen LogP contribution in [-0.2, 0) is 17.8 Å². The van der Waals surface area contributed by atoms with E-state index in [-0.39, 0.29) is 0 Å². The molecule has 0 radical (unpaired) electrons. The van der Waals surface area contributed by atoms with Crippen LogP contribution in [0.2, 0.25) is 0 Å². The van der Waals surface area contributed by atoms with E-state index in [2.05, 4.69) is 53.6 Å². The molecule has 2 rings (SSSR count). The average molecular weight is 347 g/mol. The smallest absolute Gasteiger partial charge is 0.191 e. The van der Waals surface area contributed by atoms with Crippen LogP contribution in [0, 0.1) is 0 Å². The summed E-state index contributed by atoms with van der Waals surface area (Å²) in [5.41, 5.74) is 2.71. The highest BCUT2D eigenvalue weighted by Gasteiger charge is 2.19. The third-order valence-electron chi connectivity index (χ3n) is 4.78. The molecule has 2 N–H and O–H groups in total. The largest absolute Gasteiger partial charge is 0.383 e. The number of rotatable bonds is 8. The molecule has 1 atom stereocenters. The van der Waals surface area contributed by atoms with E-state index in [0.717, 1.165) is 25.6 Å². The molecule has 140 valence electrons. The summed E-state index contributed by atoms with van der Waals surface area (Å²) in [4.78, 5) is 7.35. The van der Waals surface area contributed by atoms with E-state index in [1.807, 2.05) is 0 Å². The van der Waals surface area contributed by atoms with Crippen molar-refractivity contribution in [3.05, 3.63) is 35.4 Å². The van der Waals surface area contributed by atoms with Crippen LogP contribution in [0.3, 0.4) is 0 Å². The van der Waals surface area contributed by atoms with Crippen molar-refractivity contribution in [1.82, 2.24) is 15.5 Å². The summed E-state index contributed by atoms with van der Waals surface area (Å²) in [6.07, 6.45) is 4.00. The van der Waals surface area contributed by atoms with E-state index < -0.39 is 0 Å². The maximum Gasteiger partial charge on any atom is 0.191 e. The van der Waals surface area contributed by atoms with Crippen LogP contribution in [0.1, 0.15) is 44.2 Å². The fourth-order valence-electron chi connectivity index (χ4n) is 3.25. The van der Waals surface area contributed by atoms with Gasteiger partial charge in [-0.1, -0.05) is 30.7 Å². The first-order chi connectivity index (χ1) is 12.2. The Morgan fingerprint density at radius 3 is 2.76 bits per heavy atom. The zero-order valence-corrected chi connectivity index (χ0v) is 16.1. The van der Waals surface area contributed by atoms with Gasteiger partial charge in [0, 0.05) is 32.8 Å². The Bertz CT molecular complexity index is 532. The average Bonchev–Trinajstić information content (AvgIpc) is 2.63. The molecule has 1 aromatic carbocycles. The number of nitrogens with zero attached hydrogens (tertiary/aromatic N) is 2. The molecule has 1 heterocycles. The number of piperidine rings is 1. The van der Waals surface area contributed by atoms with Gasteiger partial charge in [0.05, 0.1) is 13.2 Å². The molecule has 5 nitrogen and oxygen atoms in total. The molecule has 1 aliphatic heterocycles. The number of nitrogens with one attached hydrogen (secondary N) is 2. The van der Waals surface area contributed by atoms with Crippen molar-refractivity contribution in [2.24, 2.45) is 4.99 Å². The van der Waals surface area contributed by atoms with Crippen molar-refractivity contribution in [3.8, 4) is 0 Å². The molecular weight excluding hydrogens is 312 g/mol. The number of hydrogen-bond acceptors (Lipinski definition) is 3. The topological polar surface area (TPSA) is 48.9 Å². The molecule has 0 aromatic heterocycles. The maximum atomic E-state index is 5.10. The Morgan fingerprint density at radius 2 is 2.04 bits per heavy atom. The standard InChI is InChI=1S/C20H34N4O/c1-4-21-20(22-12-14-25-3)23-15-18-10-5-6-11-19(18)16-24-13-8-7-9-17(24)2/h5-6,10-11,17H,4,7-9,12-16H2,1-3H3,(H2,21,22,23). The van der Waals surface area contributed by atoms with Crippen LogP contribution in [0.15, 0.2) is 29.3 Å². The Balaban J connectivity index is 2.01. The van der Waals surface area contributed by atoms with E-state index in [1.165, 1.54) is 36.9 Å². The van der Waals surface area contributed by atoms with Gasteiger partial charge in [0.2, 0.25) is 0 Å². The van der Waals surface area contributed by atoms with Crippen LogP contribution in [0.5, 0.6) is 0 Å². The highest BCUT2D eigenvalue weighted by Crippen LogP contribution is 2.21. The van der Waals surface area contributed by atoms with Crippen molar-refractivity contribution in [2.45, 2.75) is 52.2 Å². The Morgan fingerprint density at radius 1 is 1.24 bits per heavy atom. The van der Waals surface area contributed by atoms with E-state index in [9.17, 15) is 0 Å². The first kappa shape index (κ1) is 19.7. The Hall–Kier alpha value is -1.59. The fraction of sp³-hybridized carbons (Fsp3) is 0.650. The molecule has 1 unspecified atom stereocenters. The minimum atomic E-state index is 0.674. The van der Waals surface area contributed by atoms with Gasteiger partial charge in [0.1, 0.15) is 0 Å². The number of ether oxygens (including phenoxy) is 1. The van der Waals surface area contributed by atoms with Crippen LogP contribution >= 0.6 is 0 Å². The van der Waals surface area contributed by atoms with E-state index in [1.54, 1.807) is 7.11 Å². The fourth-order valence-corrected chi connectivity index (χ4v) is 3.25. The highest BCUT2D eigenvalue weighted by molar-refractivity contribution is 5.79. The summed E-state index contributed by atoms with van der Waals surface area (Å²) in [6, 6.07) is 9.38. The predicted molar refractivity (Wildman–Crippen MR) is 105 cm³/mol. The van der Waals surface area contributed by atoms with E-state index in [4.69, 9.17) is 9.73 Å². The second-order valence-corrected chi connectivity index (χ2v) is 6.70. The van der Waals surface area contributed by atoms with Crippen molar-refractivity contribution in [1.29, 1.82) is 0 Å². The number of aliphatic imine (C=N–C) groups is 1. The molecule has 0 saturated carbocycles. The lowest BCUT2D eigenvalue weighted by molar-refractivity contribution is 0.152. The molecule has 1 fully saturated rings. The Labute approximate surface area is 152 Å². The minimum Gasteiger partial charge on any atom is -0.383 e. The van der Waals surface area contributed by atoms with Gasteiger partial charge in [0.25, 0.3) is 0 Å². The monoisotopic (exact) mass is 346 g/mol. The van der Waals surface area contributed by atoms with Gasteiger partial charge in [-0.2, -0.15) is 0 Å². The zero-order chi connectivity index (χ0) is 17.9. The molecule has 5 heteroatoms. The van der Waals surface area contributed by atoms with Crippen molar-refractivity contribution in [2.75, 3.05) is 33.4 Å². The van der Waals surface area contributed by atoms with Crippen molar-refractivity contribution in [3.63, 3.8) is 0 Å². The van der Waals surface area contributed by atoms with Gasteiger partial charge in [0.15, 0.2) is 5.96 Å². The lowest BCUT2D eigenvalue weighted by Gasteiger charge is -2.33. The number of benzene rings is 1. The van der Waals surface area contributed by atoms with E-state index >= 15 is 0 Å². The van der Waals surface area contributed by atoms with Crippen LogP contribution in [-0.4, -0.2) is 50.3 Å². The summed E-state index contributed by atoms with van der Waals surface area (Å²) in [6.45, 7) is 9.65. The SMILES string of the molecule is CCNC(=NCc1ccccc1CN1CCCCC1C)NCCOC. The van der Waals surface area contributed by atoms with Gasteiger partial charge in [-0.05, 0) is 44.4 Å². The van der Waals surface area contributed by atoms with Gasteiger partial charge in [-0.25, -0.2) is 4.99 Å². The van der Waals surface area contributed by atoms with Crippen molar-refractivity contribution >= 4 is 5.96 Å². The molecule has 0 aliphatic carbocycles. The van der Waals surface area contributed by atoms with Gasteiger partial charge in [-0.15, -0.1) is 0 Å². The second-order valence-electron chi connectivity index (χ2n) is 6.70. The summed E-state index contributed by atoms with van der Waals surface area (Å²) in [5.74, 6) is 0.848. The summed E-state index contributed by atoms with van der Waals surface area (Å²) in [5, 5.41) is 6.60. The van der Waals surface area contributed by atoms with Crippen LogP contribution in [0.25, 0.3) is 0 Å². The second kappa shape index (κ2) is 11.1. The van der Waals surface area contributed by atoms with Gasteiger partial charge < -0.3 is 15.4 Å². The molecule has 25 heavy (non-hydrogen) atoms. The molecule has 1 saturated heterocycles. The third-order valence-corrected chi connectivity index (χ3v) is 4.78. The normalized spacial score (nSPS) is 19.0. The Kier molecular flexibility index (Phi) is 8.77. The van der Waals surface area contributed by atoms with Gasteiger partial charge in [-0.3, -0.25) is 4.90 Å². The van der Waals surface area contributed by atoms with Crippen LogP contribution < -0.4 is 10.6 Å². The first-order valence-corrected chi connectivity index (χ1v) is 9.56. The first-order valence-electron chi connectivity index (χ1n) is 9.56. The molecule has 1 aromatic rings. The molecule has 1 aliphatic rings. The molecule has 0 bridgehead atoms. The molecule has 0 spiro atoms. The summed E-state index contributed by atoms with van der Waals surface area (Å²) in [7, 11) is 1.71. The highest BCUT2D eigenvalue weighted by atomic mass is 16.5. The molecule has 0 amide bonds. The molecular formula is C20H34N4O. The predicted octanol–water partition coefficient (Wildman–Crippen LogP) is 2.76. The summed E-state index contributed by atoms with van der Waals surface area (Å²) < 4.78 is 5.10. The number of likely N-dealkylation sites (tertiary alicyclic amines) is 1. The lowest BCUT2D eigenvalue weighted by Crippen LogP contribution is -2.39. The van der Waals surface area contributed by atoms with Gasteiger partial charge >= 0.3 is 0 Å². The van der Waals surface area contributed by atoms with E-state index in [0.29, 0.717) is 19.2 Å². The number of methoxy groups -OCH3 is 1.